The second-order valence-electron chi connectivity index (χ2n) is 9.02. The Morgan fingerprint density at radius 3 is 2.69 bits per heavy atom. The molecule has 3 aromatic rings. The third-order valence-electron chi connectivity index (χ3n) is 5.56. The fourth-order valence-corrected chi connectivity index (χ4v) is 5.23. The minimum atomic E-state index is -4.53. The molecule has 3 heterocycles. The molecule has 0 unspecified atom stereocenters. The summed E-state index contributed by atoms with van der Waals surface area (Å²) in [5.74, 6) is -4.11. The molecule has 0 spiro atoms. The Kier molecular flexibility index (Phi) is 8.07. The summed E-state index contributed by atoms with van der Waals surface area (Å²) in [5.41, 5.74) is 4.57. The summed E-state index contributed by atoms with van der Waals surface area (Å²) in [4.78, 5) is 34.4. The van der Waals surface area contributed by atoms with Gasteiger partial charge in [-0.25, -0.2) is 13.9 Å². The van der Waals surface area contributed by atoms with Crippen molar-refractivity contribution in [1.82, 2.24) is 24.6 Å². The molecule has 0 saturated carbocycles. The van der Waals surface area contributed by atoms with Gasteiger partial charge in [-0.1, -0.05) is 18.2 Å². The van der Waals surface area contributed by atoms with Gasteiger partial charge in [-0.15, -0.1) is 0 Å². The van der Waals surface area contributed by atoms with Crippen LogP contribution in [0.3, 0.4) is 0 Å². The number of aliphatic hydroxyl groups excluding tert-OH is 2. The highest BCUT2D eigenvalue weighted by molar-refractivity contribution is 7.52. The average Bonchev–Trinajstić information content (AvgIpc) is 3.38. The van der Waals surface area contributed by atoms with Gasteiger partial charge in [0, 0.05) is 0 Å². The number of H-pyrrole nitrogens is 1. The lowest BCUT2D eigenvalue weighted by atomic mass is 10.1. The molecular weight excluding hydrogens is 542 g/mol. The predicted molar refractivity (Wildman–Crippen MR) is 133 cm³/mol. The van der Waals surface area contributed by atoms with E-state index in [1.54, 1.807) is 32.0 Å². The SMILES string of the molecule is CC(C)OC(=O)[C@H](C)N[P@@](=O)(OC[C@@]1(F)O[C@@H](n2cnc3c(=O)[nH]c(N)nc32)[C@H](O)[C@@H]1O)Oc1ccccc1. The number of aliphatic hydroxyl groups is 2. The monoisotopic (exact) mass is 570 g/mol. The zero-order valence-electron chi connectivity index (χ0n) is 21.1. The highest BCUT2D eigenvalue weighted by Crippen LogP contribution is 2.48. The minimum Gasteiger partial charge on any atom is -0.462 e. The van der Waals surface area contributed by atoms with E-state index in [1.807, 2.05) is 0 Å². The summed E-state index contributed by atoms with van der Waals surface area (Å²) >= 11 is 0. The number of halogens is 1. The van der Waals surface area contributed by atoms with Crippen LogP contribution in [0.4, 0.5) is 10.3 Å². The molecule has 1 aliphatic rings. The number of ether oxygens (including phenoxy) is 2. The summed E-state index contributed by atoms with van der Waals surface area (Å²) in [5, 5.41) is 23.5. The van der Waals surface area contributed by atoms with Gasteiger partial charge in [-0.3, -0.25) is 23.7 Å². The molecule has 39 heavy (non-hydrogen) atoms. The van der Waals surface area contributed by atoms with Crippen LogP contribution in [0.2, 0.25) is 0 Å². The second kappa shape index (κ2) is 11.0. The molecule has 0 amide bonds. The highest BCUT2D eigenvalue weighted by atomic mass is 31.2. The predicted octanol–water partition coefficient (Wildman–Crippen LogP) is 0.752. The summed E-state index contributed by atoms with van der Waals surface area (Å²) < 4.78 is 51.7. The number of anilines is 1. The maximum atomic E-state index is 15.9. The number of alkyl halides is 1. The number of carbonyl (C=O) groups is 1. The van der Waals surface area contributed by atoms with Gasteiger partial charge in [0.2, 0.25) is 5.95 Å². The topological polar surface area (TPSA) is 213 Å². The number of aromatic nitrogens is 4. The Balaban J connectivity index is 1.57. The Morgan fingerprint density at radius 2 is 2.03 bits per heavy atom. The minimum absolute atomic E-state index is 0.0650. The summed E-state index contributed by atoms with van der Waals surface area (Å²) in [6, 6.07) is 6.53. The van der Waals surface area contributed by atoms with Crippen molar-refractivity contribution in [3.8, 4) is 5.75 Å². The molecule has 6 N–H and O–H groups in total. The molecule has 6 atom stereocenters. The number of esters is 1. The van der Waals surface area contributed by atoms with Gasteiger partial charge in [0.25, 0.3) is 11.4 Å². The van der Waals surface area contributed by atoms with E-state index < -0.39 is 62.3 Å². The van der Waals surface area contributed by atoms with Crippen LogP contribution in [0.25, 0.3) is 11.2 Å². The number of nitrogens with two attached hydrogens (primary N) is 1. The number of nitrogen functional groups attached to an aromatic ring is 1. The molecule has 4 rings (SSSR count). The largest absolute Gasteiger partial charge is 0.462 e. The van der Waals surface area contributed by atoms with Gasteiger partial charge in [0.05, 0.1) is 12.4 Å². The number of aromatic amines is 1. The number of hydrogen-bond acceptors (Lipinski definition) is 12. The molecule has 17 heteroatoms. The maximum absolute atomic E-state index is 15.9. The van der Waals surface area contributed by atoms with Crippen LogP contribution in [0.5, 0.6) is 5.75 Å². The number of carbonyl (C=O) groups excluding carboxylic acids is 1. The summed E-state index contributed by atoms with van der Waals surface area (Å²) in [7, 11) is -4.53. The molecule has 1 saturated heterocycles. The molecule has 15 nitrogen and oxygen atoms in total. The van der Waals surface area contributed by atoms with E-state index in [4.69, 9.17) is 24.3 Å². The lowest BCUT2D eigenvalue weighted by molar-refractivity contribution is -0.202. The normalized spacial score (nSPS) is 25.5. The first-order valence-electron chi connectivity index (χ1n) is 11.7. The molecule has 1 aromatic carbocycles. The van der Waals surface area contributed by atoms with Gasteiger partial charge < -0.3 is 29.9 Å². The van der Waals surface area contributed by atoms with Crippen molar-refractivity contribution in [3.63, 3.8) is 0 Å². The number of para-hydroxylation sites is 1. The van der Waals surface area contributed by atoms with Gasteiger partial charge in [-0.05, 0) is 32.9 Å². The van der Waals surface area contributed by atoms with Crippen molar-refractivity contribution in [2.45, 2.75) is 57.2 Å². The second-order valence-corrected chi connectivity index (χ2v) is 10.7. The summed E-state index contributed by atoms with van der Waals surface area (Å²) in [6.45, 7) is 3.37. The van der Waals surface area contributed by atoms with Crippen LogP contribution < -0.4 is 20.9 Å². The van der Waals surface area contributed by atoms with E-state index in [0.717, 1.165) is 10.9 Å². The van der Waals surface area contributed by atoms with Crippen molar-refractivity contribution in [2.75, 3.05) is 12.3 Å². The van der Waals surface area contributed by atoms with Crippen molar-refractivity contribution in [1.29, 1.82) is 0 Å². The summed E-state index contributed by atoms with van der Waals surface area (Å²) in [6.07, 6.45) is -5.17. The highest BCUT2D eigenvalue weighted by Gasteiger charge is 2.57. The number of rotatable bonds is 10. The van der Waals surface area contributed by atoms with E-state index in [1.165, 1.54) is 19.1 Å². The Morgan fingerprint density at radius 1 is 1.33 bits per heavy atom. The number of nitrogens with one attached hydrogen (secondary N) is 2. The Labute approximate surface area is 220 Å². The molecule has 2 aromatic heterocycles. The van der Waals surface area contributed by atoms with Gasteiger partial charge in [0.1, 0.15) is 30.6 Å². The molecule has 212 valence electrons. The van der Waals surface area contributed by atoms with E-state index >= 15 is 4.39 Å². The number of fused-ring (bicyclic) bond motifs is 1. The van der Waals surface area contributed by atoms with Crippen LogP contribution in [-0.4, -0.2) is 72.5 Å². The quantitative estimate of drug-likeness (QED) is 0.168. The smallest absolute Gasteiger partial charge is 0.459 e. The van der Waals surface area contributed by atoms with Crippen LogP contribution in [-0.2, 0) is 23.4 Å². The zero-order chi connectivity index (χ0) is 28.5. The Bertz CT molecular complexity index is 1440. The van der Waals surface area contributed by atoms with E-state index in [9.17, 15) is 24.4 Å². The Hall–Kier alpha value is -3.40. The van der Waals surface area contributed by atoms with Crippen LogP contribution in [0, 0.1) is 0 Å². The number of hydrogen-bond donors (Lipinski definition) is 5. The van der Waals surface area contributed by atoms with Gasteiger partial charge in [-0.2, -0.15) is 10.1 Å². The number of nitrogens with zero attached hydrogens (tertiary/aromatic N) is 3. The first kappa shape index (κ1) is 28.6. The van der Waals surface area contributed by atoms with Crippen molar-refractivity contribution in [3.05, 3.63) is 47.0 Å². The first-order chi connectivity index (χ1) is 18.3. The maximum Gasteiger partial charge on any atom is 0.459 e. The standard InChI is InChI=1S/C22H28FN6O9P/c1-11(2)36-20(33)12(3)28-39(34,38-13-7-5-4-6-8-13)35-9-22(23)16(31)15(30)19(37-22)29-10-25-14-17(29)26-21(24)27-18(14)32/h4-8,10-12,15-16,19,30-31H,9H2,1-3H3,(H,28,34)(H3,24,26,27,32)/t12-,15+,16-,19+,22+,39+/m0/s1. The van der Waals surface area contributed by atoms with Crippen LogP contribution in [0.1, 0.15) is 27.0 Å². The van der Waals surface area contributed by atoms with Gasteiger partial charge in [0.15, 0.2) is 17.4 Å². The molecular formula is C22H28FN6O9P. The van der Waals surface area contributed by atoms with Crippen LogP contribution in [0.15, 0.2) is 41.5 Å². The molecule has 0 radical (unpaired) electrons. The first-order valence-corrected chi connectivity index (χ1v) is 13.3. The third kappa shape index (κ3) is 6.11. The van der Waals surface area contributed by atoms with Crippen LogP contribution >= 0.6 is 7.75 Å². The molecule has 0 bridgehead atoms. The van der Waals surface area contributed by atoms with E-state index in [2.05, 4.69) is 20.0 Å². The zero-order valence-corrected chi connectivity index (χ0v) is 21.9. The lowest BCUT2D eigenvalue weighted by Crippen LogP contribution is -2.44. The van der Waals surface area contributed by atoms with Crippen molar-refractivity contribution in [2.24, 2.45) is 0 Å². The number of benzene rings is 1. The van der Waals surface area contributed by atoms with Gasteiger partial charge >= 0.3 is 13.7 Å². The van der Waals surface area contributed by atoms with Crippen molar-refractivity contribution >= 4 is 30.8 Å². The fourth-order valence-electron chi connectivity index (χ4n) is 3.73. The molecule has 1 aliphatic heterocycles. The van der Waals surface area contributed by atoms with E-state index in [0.29, 0.717) is 0 Å². The third-order valence-corrected chi connectivity index (χ3v) is 7.18. The van der Waals surface area contributed by atoms with E-state index in [-0.39, 0.29) is 22.9 Å². The average molecular weight is 570 g/mol. The van der Waals surface area contributed by atoms with Crippen molar-refractivity contribution < 1.29 is 42.5 Å². The number of imidazole rings is 1. The molecule has 1 fully saturated rings. The molecule has 0 aliphatic carbocycles. The lowest BCUT2D eigenvalue weighted by Gasteiger charge is -2.27. The fraction of sp³-hybridized carbons (Fsp3) is 0.455.